The van der Waals surface area contributed by atoms with Crippen molar-refractivity contribution in [1.82, 2.24) is 0 Å². The van der Waals surface area contributed by atoms with E-state index >= 15 is 0 Å². The van der Waals surface area contributed by atoms with Crippen LogP contribution in [-0.4, -0.2) is 5.78 Å². The fourth-order valence-corrected chi connectivity index (χ4v) is 2.71. The van der Waals surface area contributed by atoms with Gasteiger partial charge in [-0.2, -0.15) is 4.57 Å². The summed E-state index contributed by atoms with van der Waals surface area (Å²) in [4.78, 5) is 12.6. The molecule has 2 nitrogen and oxygen atoms in total. The summed E-state index contributed by atoms with van der Waals surface area (Å²) in [7, 11) is 0. The maximum atomic E-state index is 12.6. The highest BCUT2D eigenvalue weighted by Crippen LogP contribution is 2.16. The van der Waals surface area contributed by atoms with Gasteiger partial charge in [-0.15, -0.1) is 0 Å². The number of rotatable bonds is 4. The van der Waals surface area contributed by atoms with Crippen LogP contribution in [0.15, 0.2) is 73.1 Å². The Hall–Kier alpha value is -2.74. The zero-order valence-corrected chi connectivity index (χ0v) is 13.5. The fourth-order valence-electron chi connectivity index (χ4n) is 2.71. The van der Waals surface area contributed by atoms with E-state index in [9.17, 15) is 4.79 Å². The molecule has 3 aromatic rings. The van der Waals surface area contributed by atoms with Crippen molar-refractivity contribution in [2.75, 3.05) is 0 Å². The third-order valence-electron chi connectivity index (χ3n) is 3.99. The average Bonchev–Trinajstić information content (AvgIpc) is 2.58. The molecule has 114 valence electrons. The summed E-state index contributed by atoms with van der Waals surface area (Å²) in [6.45, 7) is 4.35. The molecular formula is C21H20NO+. The van der Waals surface area contributed by atoms with Crippen LogP contribution in [0.3, 0.4) is 0 Å². The van der Waals surface area contributed by atoms with Gasteiger partial charge in [0.1, 0.15) is 0 Å². The van der Waals surface area contributed by atoms with Crippen molar-refractivity contribution in [2.45, 2.75) is 20.4 Å². The van der Waals surface area contributed by atoms with E-state index in [-0.39, 0.29) is 5.78 Å². The Bertz CT molecular complexity index is 837. The molecule has 2 heteroatoms. The molecule has 0 unspecified atom stereocenters. The lowest BCUT2D eigenvalue weighted by Crippen LogP contribution is -2.37. The second kappa shape index (κ2) is 6.57. The van der Waals surface area contributed by atoms with E-state index in [2.05, 4.69) is 18.2 Å². The van der Waals surface area contributed by atoms with Gasteiger partial charge < -0.3 is 0 Å². The van der Waals surface area contributed by atoms with Crippen molar-refractivity contribution in [3.63, 3.8) is 0 Å². The Morgan fingerprint density at radius 3 is 2.43 bits per heavy atom. The number of ketones is 1. The fraction of sp³-hybridized carbons (Fsp3) is 0.143. The molecule has 0 aliphatic carbocycles. The van der Waals surface area contributed by atoms with E-state index in [0.29, 0.717) is 6.54 Å². The van der Waals surface area contributed by atoms with Crippen molar-refractivity contribution >= 4 is 5.78 Å². The van der Waals surface area contributed by atoms with Gasteiger partial charge in [-0.3, -0.25) is 4.79 Å². The summed E-state index contributed by atoms with van der Waals surface area (Å²) in [6, 6.07) is 20.3. The molecule has 0 atom stereocenters. The molecule has 0 saturated carbocycles. The van der Waals surface area contributed by atoms with Crippen LogP contribution in [0.5, 0.6) is 0 Å². The summed E-state index contributed by atoms with van der Waals surface area (Å²) in [6.07, 6.45) is 3.97. The number of aromatic nitrogens is 1. The predicted octanol–water partition coefficient (Wildman–Crippen LogP) is 4.14. The van der Waals surface area contributed by atoms with Crippen LogP contribution >= 0.6 is 0 Å². The van der Waals surface area contributed by atoms with E-state index in [4.69, 9.17) is 0 Å². The van der Waals surface area contributed by atoms with Crippen LogP contribution in [0.2, 0.25) is 0 Å². The van der Waals surface area contributed by atoms with Gasteiger partial charge in [0, 0.05) is 17.2 Å². The van der Waals surface area contributed by atoms with Crippen LogP contribution in [0.25, 0.3) is 11.1 Å². The predicted molar refractivity (Wildman–Crippen MR) is 92.3 cm³/mol. The summed E-state index contributed by atoms with van der Waals surface area (Å²) in [5, 5.41) is 0. The van der Waals surface area contributed by atoms with Gasteiger partial charge in [-0.25, -0.2) is 0 Å². The van der Waals surface area contributed by atoms with E-state index in [1.165, 1.54) is 0 Å². The molecule has 0 fully saturated rings. The smallest absolute Gasteiger partial charge is 0.227 e. The van der Waals surface area contributed by atoms with Crippen molar-refractivity contribution in [3.8, 4) is 11.1 Å². The lowest BCUT2D eigenvalue weighted by atomic mass is 10.0. The largest absolute Gasteiger partial charge is 0.287 e. The first kappa shape index (κ1) is 15.2. The van der Waals surface area contributed by atoms with E-state index in [1.54, 1.807) is 0 Å². The SMILES string of the molecule is Cc1ccc(C)c(C(=O)C[n+]2cccc(-c3ccccc3)c2)c1. The van der Waals surface area contributed by atoms with Crippen LogP contribution in [0, 0.1) is 13.8 Å². The highest BCUT2D eigenvalue weighted by Gasteiger charge is 2.15. The number of nitrogens with zero attached hydrogens (tertiary/aromatic N) is 1. The van der Waals surface area contributed by atoms with Gasteiger partial charge in [0.15, 0.2) is 12.4 Å². The molecule has 0 N–H and O–H groups in total. The van der Waals surface area contributed by atoms with E-state index in [1.807, 2.05) is 73.3 Å². The topological polar surface area (TPSA) is 20.9 Å². The number of hydrogen-bond acceptors (Lipinski definition) is 1. The molecule has 0 amide bonds. The van der Waals surface area contributed by atoms with Crippen molar-refractivity contribution in [1.29, 1.82) is 0 Å². The number of hydrogen-bond donors (Lipinski definition) is 0. The summed E-state index contributed by atoms with van der Waals surface area (Å²) < 4.78 is 1.95. The van der Waals surface area contributed by atoms with Gasteiger partial charge in [0.25, 0.3) is 0 Å². The second-order valence-electron chi connectivity index (χ2n) is 5.87. The first-order valence-corrected chi connectivity index (χ1v) is 7.78. The first-order valence-electron chi connectivity index (χ1n) is 7.78. The highest BCUT2D eigenvalue weighted by molar-refractivity contribution is 5.96. The normalized spacial score (nSPS) is 10.5. The van der Waals surface area contributed by atoms with Crippen LogP contribution in [0.4, 0.5) is 0 Å². The molecule has 0 radical (unpaired) electrons. The van der Waals surface area contributed by atoms with E-state index < -0.39 is 0 Å². The Balaban J connectivity index is 1.86. The standard InChI is InChI=1S/C21H20NO/c1-16-10-11-17(2)20(13-16)21(23)15-22-12-6-9-19(14-22)18-7-4-3-5-8-18/h3-14H,15H2,1-2H3/q+1. The number of Topliss-reactive ketones (excluding diaryl/α,β-unsaturated/α-hetero) is 1. The number of pyridine rings is 1. The molecule has 0 aliphatic rings. The highest BCUT2D eigenvalue weighted by atomic mass is 16.1. The van der Waals surface area contributed by atoms with Gasteiger partial charge >= 0.3 is 0 Å². The third-order valence-corrected chi connectivity index (χ3v) is 3.99. The van der Waals surface area contributed by atoms with Gasteiger partial charge in [-0.05, 0) is 37.1 Å². The zero-order valence-electron chi connectivity index (χ0n) is 13.5. The van der Waals surface area contributed by atoms with Crippen LogP contribution < -0.4 is 4.57 Å². The second-order valence-corrected chi connectivity index (χ2v) is 5.87. The van der Waals surface area contributed by atoms with Gasteiger partial charge in [0.2, 0.25) is 12.3 Å². The monoisotopic (exact) mass is 302 g/mol. The Morgan fingerprint density at radius 1 is 0.913 bits per heavy atom. The Morgan fingerprint density at radius 2 is 1.65 bits per heavy atom. The van der Waals surface area contributed by atoms with Crippen LogP contribution in [-0.2, 0) is 6.54 Å². The number of benzene rings is 2. The average molecular weight is 302 g/mol. The minimum Gasteiger partial charge on any atom is -0.287 e. The maximum absolute atomic E-state index is 12.6. The summed E-state index contributed by atoms with van der Waals surface area (Å²) in [5.74, 6) is 0.140. The van der Waals surface area contributed by atoms with E-state index in [0.717, 1.165) is 27.8 Å². The quantitative estimate of drug-likeness (QED) is 0.524. The number of carbonyl (C=O) groups is 1. The molecule has 1 heterocycles. The molecule has 0 spiro atoms. The van der Waals surface area contributed by atoms with Crippen LogP contribution in [0.1, 0.15) is 21.5 Å². The Labute approximate surface area is 137 Å². The first-order chi connectivity index (χ1) is 11.1. The van der Waals surface area contributed by atoms with Crippen molar-refractivity contribution < 1.29 is 9.36 Å². The number of aryl methyl sites for hydroxylation is 2. The molecule has 0 bridgehead atoms. The molecule has 1 aromatic heterocycles. The minimum absolute atomic E-state index is 0.140. The Kier molecular flexibility index (Phi) is 4.33. The van der Waals surface area contributed by atoms with Crippen molar-refractivity contribution in [3.05, 3.63) is 89.7 Å². The maximum Gasteiger partial charge on any atom is 0.227 e. The minimum atomic E-state index is 0.140. The van der Waals surface area contributed by atoms with Crippen molar-refractivity contribution in [2.24, 2.45) is 0 Å². The van der Waals surface area contributed by atoms with Gasteiger partial charge in [-0.1, -0.05) is 48.0 Å². The molecule has 3 rings (SSSR count). The zero-order chi connectivity index (χ0) is 16.2. The lowest BCUT2D eigenvalue weighted by molar-refractivity contribution is -0.682. The lowest BCUT2D eigenvalue weighted by Gasteiger charge is -2.05. The summed E-state index contributed by atoms with van der Waals surface area (Å²) in [5.41, 5.74) is 5.22. The number of carbonyl (C=O) groups excluding carboxylic acids is 1. The molecule has 0 aliphatic heterocycles. The summed E-state index contributed by atoms with van der Waals surface area (Å²) >= 11 is 0. The molecule has 23 heavy (non-hydrogen) atoms. The van der Waals surface area contributed by atoms with Gasteiger partial charge in [0.05, 0.1) is 0 Å². The molecule has 2 aromatic carbocycles. The molecule has 0 saturated heterocycles. The molecular weight excluding hydrogens is 282 g/mol. The third kappa shape index (κ3) is 3.54.